The largest absolute Gasteiger partial charge is 0.462 e. The molecule has 0 spiro atoms. The minimum absolute atomic E-state index is 0.158. The van der Waals surface area contributed by atoms with E-state index in [9.17, 15) is 45.3 Å². The molecule has 0 bridgehead atoms. The molecular weight excluding hydrogens is 768 g/mol. The quantitative estimate of drug-likeness (QED) is 0.0275. The molecule has 0 saturated carbocycles. The summed E-state index contributed by atoms with van der Waals surface area (Å²) in [6, 6.07) is 0. The van der Waals surface area contributed by atoms with E-state index in [1.807, 2.05) is 0 Å². The van der Waals surface area contributed by atoms with Crippen LogP contribution in [0.15, 0.2) is 24.3 Å². The van der Waals surface area contributed by atoms with Gasteiger partial charge in [-0.25, -0.2) is 0 Å². The number of carbonyl (C=O) groups excluding carboxylic acids is 2. The maximum absolute atomic E-state index is 12.9. The predicted octanol–water partition coefficient (Wildman–Crippen LogP) is 4.43. The summed E-state index contributed by atoms with van der Waals surface area (Å²) in [6.07, 6.45) is 12.6. The van der Waals surface area contributed by atoms with E-state index in [0.29, 0.717) is 12.8 Å². The zero-order valence-corrected chi connectivity index (χ0v) is 35.7. The zero-order chi connectivity index (χ0) is 43.3. The Hall–Kier alpha value is -2.02. The highest BCUT2D eigenvalue weighted by molar-refractivity contribution is 5.70. The molecule has 11 unspecified atom stereocenters. The highest BCUT2D eigenvalue weighted by Crippen LogP contribution is 2.26. The van der Waals surface area contributed by atoms with E-state index in [-0.39, 0.29) is 26.1 Å². The van der Waals surface area contributed by atoms with Gasteiger partial charge in [0.15, 0.2) is 18.7 Å². The van der Waals surface area contributed by atoms with Crippen molar-refractivity contribution in [2.75, 3.05) is 26.4 Å². The molecule has 0 aromatic rings. The second kappa shape index (κ2) is 32.7. The summed E-state index contributed by atoms with van der Waals surface area (Å²) in [5.41, 5.74) is 0. The van der Waals surface area contributed by atoms with Gasteiger partial charge in [0.25, 0.3) is 0 Å². The van der Waals surface area contributed by atoms with Crippen LogP contribution in [0.1, 0.15) is 149 Å². The molecule has 2 aliphatic rings. The van der Waals surface area contributed by atoms with Crippen molar-refractivity contribution in [1.29, 1.82) is 0 Å². The van der Waals surface area contributed by atoms with E-state index in [4.69, 9.17) is 28.4 Å². The van der Waals surface area contributed by atoms with Crippen LogP contribution in [0.3, 0.4) is 0 Å². The summed E-state index contributed by atoms with van der Waals surface area (Å²) in [4.78, 5) is 25.4. The third-order valence-electron chi connectivity index (χ3n) is 10.7. The van der Waals surface area contributed by atoms with Crippen molar-refractivity contribution in [2.24, 2.45) is 0 Å². The van der Waals surface area contributed by atoms with Crippen molar-refractivity contribution < 1.29 is 73.8 Å². The first-order valence-electron chi connectivity index (χ1n) is 22.4. The predicted molar refractivity (Wildman–Crippen MR) is 220 cm³/mol. The van der Waals surface area contributed by atoms with E-state index < -0.39 is 92.7 Å². The molecule has 0 radical (unpaired) electrons. The Morgan fingerprint density at radius 1 is 0.542 bits per heavy atom. The fourth-order valence-corrected chi connectivity index (χ4v) is 6.89. The highest BCUT2D eigenvalue weighted by atomic mass is 16.7. The van der Waals surface area contributed by atoms with Crippen molar-refractivity contribution in [3.63, 3.8) is 0 Å². The van der Waals surface area contributed by atoms with E-state index >= 15 is 0 Å². The Morgan fingerprint density at radius 3 is 1.61 bits per heavy atom. The van der Waals surface area contributed by atoms with Gasteiger partial charge in [0.05, 0.1) is 19.8 Å². The summed E-state index contributed by atoms with van der Waals surface area (Å²) in [6.45, 7) is 2.46. The van der Waals surface area contributed by atoms with Gasteiger partial charge in [-0.2, -0.15) is 0 Å². The Balaban J connectivity index is 1.82. The number of allylic oxidation sites excluding steroid dienone is 4. The van der Waals surface area contributed by atoms with Crippen molar-refractivity contribution in [1.82, 2.24) is 0 Å². The van der Waals surface area contributed by atoms with Gasteiger partial charge >= 0.3 is 11.9 Å². The molecule has 344 valence electrons. The minimum atomic E-state index is -1.76. The Labute approximate surface area is 352 Å². The first kappa shape index (κ1) is 53.1. The van der Waals surface area contributed by atoms with Crippen molar-refractivity contribution in [3.05, 3.63) is 24.3 Å². The van der Waals surface area contributed by atoms with Crippen molar-refractivity contribution in [2.45, 2.75) is 216 Å². The lowest BCUT2D eigenvalue weighted by molar-refractivity contribution is -0.332. The average molecular weight is 847 g/mol. The second-order valence-corrected chi connectivity index (χ2v) is 15.9. The van der Waals surface area contributed by atoms with Gasteiger partial charge in [-0.15, -0.1) is 0 Å². The van der Waals surface area contributed by atoms with Crippen LogP contribution in [-0.4, -0.2) is 142 Å². The van der Waals surface area contributed by atoms with Crippen LogP contribution in [0.4, 0.5) is 0 Å². The summed E-state index contributed by atoms with van der Waals surface area (Å²) < 4.78 is 33.3. The number of hydrogen-bond donors (Lipinski definition) is 7. The molecule has 0 aromatic heterocycles. The van der Waals surface area contributed by atoms with Gasteiger partial charge < -0.3 is 64.2 Å². The number of aliphatic hydroxyl groups is 7. The molecule has 0 amide bonds. The summed E-state index contributed by atoms with van der Waals surface area (Å²) >= 11 is 0. The standard InChI is InChI=1S/C44H78O15/c1-3-5-7-9-11-12-13-14-15-16-17-18-19-20-21-23-25-27-36(47)57-32(29-54-35(46)26-24-22-10-8-6-4-2)30-55-43-42(53)40(51)38(49)34(59-43)31-56-44-41(52)39(50)37(48)33(28-45)58-44/h11-12,14-15,32-34,37-45,48-53H,3-10,13,16-31H2,1-2H3/b12-11-,15-14-. The molecule has 0 aromatic carbocycles. The van der Waals surface area contributed by atoms with Crippen LogP contribution in [0.2, 0.25) is 0 Å². The summed E-state index contributed by atoms with van der Waals surface area (Å²) in [5.74, 6) is -0.944. The van der Waals surface area contributed by atoms with E-state index in [2.05, 4.69) is 38.2 Å². The number of rotatable bonds is 33. The van der Waals surface area contributed by atoms with Gasteiger partial charge in [0, 0.05) is 12.8 Å². The third kappa shape index (κ3) is 22.1. The molecule has 7 N–H and O–H groups in total. The molecule has 15 heteroatoms. The maximum atomic E-state index is 12.9. The zero-order valence-electron chi connectivity index (χ0n) is 35.7. The van der Waals surface area contributed by atoms with Crippen LogP contribution in [-0.2, 0) is 38.0 Å². The summed E-state index contributed by atoms with van der Waals surface area (Å²) in [5, 5.41) is 71.7. The van der Waals surface area contributed by atoms with E-state index in [1.54, 1.807) is 0 Å². The summed E-state index contributed by atoms with van der Waals surface area (Å²) in [7, 11) is 0. The lowest BCUT2D eigenvalue weighted by atomic mass is 9.98. The van der Waals surface area contributed by atoms with Crippen LogP contribution < -0.4 is 0 Å². The van der Waals surface area contributed by atoms with Crippen molar-refractivity contribution >= 4 is 11.9 Å². The van der Waals surface area contributed by atoms with Gasteiger partial charge in [0.1, 0.15) is 55.4 Å². The fourth-order valence-electron chi connectivity index (χ4n) is 6.89. The average Bonchev–Trinajstić information content (AvgIpc) is 3.23. The lowest BCUT2D eigenvalue weighted by Crippen LogP contribution is -2.61. The molecule has 2 heterocycles. The monoisotopic (exact) mass is 847 g/mol. The van der Waals surface area contributed by atoms with Gasteiger partial charge in [-0.05, 0) is 44.9 Å². The number of aliphatic hydroxyl groups excluding tert-OH is 7. The molecule has 2 fully saturated rings. The molecule has 2 aliphatic heterocycles. The number of unbranched alkanes of at least 4 members (excludes halogenated alkanes) is 15. The minimum Gasteiger partial charge on any atom is -0.462 e. The molecular formula is C44H78O15. The van der Waals surface area contributed by atoms with E-state index in [1.165, 1.54) is 32.1 Å². The van der Waals surface area contributed by atoms with Gasteiger partial charge in [-0.3, -0.25) is 9.59 Å². The smallest absolute Gasteiger partial charge is 0.306 e. The number of esters is 2. The second-order valence-electron chi connectivity index (χ2n) is 15.9. The lowest BCUT2D eigenvalue weighted by Gasteiger charge is -2.42. The Bertz CT molecular complexity index is 1140. The molecule has 15 nitrogen and oxygen atoms in total. The van der Waals surface area contributed by atoms with Gasteiger partial charge in [-0.1, -0.05) is 115 Å². The molecule has 0 aliphatic carbocycles. The molecule has 2 saturated heterocycles. The Kier molecular flexibility index (Phi) is 29.4. The maximum Gasteiger partial charge on any atom is 0.306 e. The normalized spacial score (nSPS) is 28.0. The third-order valence-corrected chi connectivity index (χ3v) is 10.7. The number of ether oxygens (including phenoxy) is 6. The fraction of sp³-hybridized carbons (Fsp3) is 0.864. The van der Waals surface area contributed by atoms with Crippen LogP contribution in [0, 0.1) is 0 Å². The van der Waals surface area contributed by atoms with Crippen LogP contribution in [0.5, 0.6) is 0 Å². The van der Waals surface area contributed by atoms with Crippen LogP contribution >= 0.6 is 0 Å². The van der Waals surface area contributed by atoms with Gasteiger partial charge in [0.2, 0.25) is 0 Å². The van der Waals surface area contributed by atoms with E-state index in [0.717, 1.165) is 77.0 Å². The first-order valence-corrected chi connectivity index (χ1v) is 22.4. The first-order chi connectivity index (χ1) is 28.5. The molecule has 11 atom stereocenters. The SMILES string of the molecule is CCCCC/C=C\C/C=C\CCCCCCCCCC(=O)OC(COC(=O)CCCCCCCC)COC1OC(COC2OC(CO)C(O)C(O)C2O)C(O)C(O)C1O. The molecule has 59 heavy (non-hydrogen) atoms. The molecule has 2 rings (SSSR count). The Morgan fingerprint density at radius 2 is 1.02 bits per heavy atom. The van der Waals surface area contributed by atoms with Crippen molar-refractivity contribution in [3.8, 4) is 0 Å². The van der Waals surface area contributed by atoms with Crippen LogP contribution in [0.25, 0.3) is 0 Å². The number of hydrogen-bond acceptors (Lipinski definition) is 15. The topological polar surface area (TPSA) is 231 Å². The highest BCUT2D eigenvalue weighted by Gasteiger charge is 2.47. The number of carbonyl (C=O) groups is 2.